The van der Waals surface area contributed by atoms with Crippen molar-refractivity contribution in [1.82, 2.24) is 0 Å². The Morgan fingerprint density at radius 2 is 1.92 bits per heavy atom. The Labute approximate surface area is 72.1 Å². The number of ether oxygens (including phenoxy) is 1. The molecular formula is C9H14F2O. The van der Waals surface area contributed by atoms with Gasteiger partial charge in [0, 0.05) is 19.3 Å². The molecule has 1 nitrogen and oxygen atoms in total. The molecule has 0 N–H and O–H groups in total. The zero-order valence-corrected chi connectivity index (χ0v) is 7.49. The standard InChI is InChI=1S/C9H14F2O/c1-3-5-6-7-8-12-9(10,11)4-2/h3-4,7-8H2,1-2H3. The van der Waals surface area contributed by atoms with Crippen molar-refractivity contribution in [3.8, 4) is 11.8 Å². The zero-order chi connectivity index (χ0) is 9.45. The van der Waals surface area contributed by atoms with Crippen molar-refractivity contribution in [2.75, 3.05) is 6.61 Å². The van der Waals surface area contributed by atoms with Crippen molar-refractivity contribution in [2.24, 2.45) is 0 Å². The molecule has 0 heterocycles. The first-order valence-electron chi connectivity index (χ1n) is 4.10. The van der Waals surface area contributed by atoms with Crippen LogP contribution in [0.2, 0.25) is 0 Å². The Morgan fingerprint density at radius 1 is 1.25 bits per heavy atom. The third-order valence-electron chi connectivity index (χ3n) is 1.25. The lowest BCUT2D eigenvalue weighted by Gasteiger charge is -2.12. The third kappa shape index (κ3) is 6.11. The van der Waals surface area contributed by atoms with Gasteiger partial charge in [-0.2, -0.15) is 8.78 Å². The van der Waals surface area contributed by atoms with Gasteiger partial charge in [-0.25, -0.2) is 0 Å². The first-order valence-corrected chi connectivity index (χ1v) is 4.10. The molecule has 70 valence electrons. The van der Waals surface area contributed by atoms with Gasteiger partial charge in [-0.05, 0) is 0 Å². The molecule has 0 saturated heterocycles. The highest BCUT2D eigenvalue weighted by Crippen LogP contribution is 2.18. The van der Waals surface area contributed by atoms with E-state index in [0.717, 1.165) is 6.42 Å². The summed E-state index contributed by atoms with van der Waals surface area (Å²) in [6.07, 6.45) is -2.13. The lowest BCUT2D eigenvalue weighted by atomic mass is 10.4. The van der Waals surface area contributed by atoms with Gasteiger partial charge in [0.15, 0.2) is 0 Å². The summed E-state index contributed by atoms with van der Waals surface area (Å²) in [5, 5.41) is 0. The minimum absolute atomic E-state index is 0.00778. The average Bonchev–Trinajstić information content (AvgIpc) is 2.04. The molecule has 0 saturated carbocycles. The second-order valence-corrected chi connectivity index (χ2v) is 2.30. The Balaban J connectivity index is 3.43. The van der Waals surface area contributed by atoms with Crippen LogP contribution < -0.4 is 0 Å². The van der Waals surface area contributed by atoms with Gasteiger partial charge in [-0.3, -0.25) is 0 Å². The lowest BCUT2D eigenvalue weighted by Crippen LogP contribution is -2.19. The maximum atomic E-state index is 12.4. The van der Waals surface area contributed by atoms with Gasteiger partial charge in [0.05, 0.1) is 6.61 Å². The summed E-state index contributed by atoms with van der Waals surface area (Å²) >= 11 is 0. The lowest BCUT2D eigenvalue weighted by molar-refractivity contribution is -0.238. The molecule has 0 aromatic heterocycles. The molecule has 12 heavy (non-hydrogen) atoms. The number of rotatable bonds is 4. The van der Waals surface area contributed by atoms with Crippen LogP contribution in [-0.2, 0) is 4.74 Å². The topological polar surface area (TPSA) is 9.23 Å². The molecule has 0 atom stereocenters. The second kappa shape index (κ2) is 5.96. The fraction of sp³-hybridized carbons (Fsp3) is 0.778. The molecule has 0 spiro atoms. The highest BCUT2D eigenvalue weighted by Gasteiger charge is 2.26. The Kier molecular flexibility index (Phi) is 5.65. The Morgan fingerprint density at radius 3 is 2.42 bits per heavy atom. The van der Waals surface area contributed by atoms with Crippen LogP contribution in [0.4, 0.5) is 8.78 Å². The first kappa shape index (κ1) is 11.4. The van der Waals surface area contributed by atoms with Crippen LogP contribution in [0.1, 0.15) is 33.1 Å². The predicted octanol–water partition coefficient (Wildman–Crippen LogP) is 2.81. The average molecular weight is 176 g/mol. The fourth-order valence-electron chi connectivity index (χ4n) is 0.567. The summed E-state index contributed by atoms with van der Waals surface area (Å²) in [6.45, 7) is 3.31. The molecular weight excluding hydrogens is 162 g/mol. The minimum Gasteiger partial charge on any atom is -0.319 e. The van der Waals surface area contributed by atoms with E-state index in [1.54, 1.807) is 0 Å². The van der Waals surface area contributed by atoms with Gasteiger partial charge >= 0.3 is 6.11 Å². The van der Waals surface area contributed by atoms with E-state index in [-0.39, 0.29) is 13.0 Å². The van der Waals surface area contributed by atoms with Crippen LogP contribution in [0, 0.1) is 11.8 Å². The largest absolute Gasteiger partial charge is 0.355 e. The highest BCUT2D eigenvalue weighted by atomic mass is 19.3. The van der Waals surface area contributed by atoms with E-state index in [9.17, 15) is 8.78 Å². The Hall–Kier alpha value is -0.620. The van der Waals surface area contributed by atoms with Gasteiger partial charge in [0.2, 0.25) is 0 Å². The van der Waals surface area contributed by atoms with Crippen LogP contribution in [-0.4, -0.2) is 12.7 Å². The molecule has 0 bridgehead atoms. The number of halogens is 2. The molecule has 3 heteroatoms. The highest BCUT2D eigenvalue weighted by molar-refractivity contribution is 4.97. The monoisotopic (exact) mass is 176 g/mol. The van der Waals surface area contributed by atoms with Crippen molar-refractivity contribution in [2.45, 2.75) is 39.2 Å². The molecule has 0 aliphatic rings. The van der Waals surface area contributed by atoms with Gasteiger partial charge < -0.3 is 4.74 Å². The molecule has 0 aromatic carbocycles. The van der Waals surface area contributed by atoms with Crippen molar-refractivity contribution in [1.29, 1.82) is 0 Å². The predicted molar refractivity (Wildman–Crippen MR) is 43.9 cm³/mol. The fourth-order valence-corrected chi connectivity index (χ4v) is 0.567. The minimum atomic E-state index is -2.98. The van der Waals surface area contributed by atoms with Gasteiger partial charge in [0.25, 0.3) is 0 Å². The van der Waals surface area contributed by atoms with E-state index in [4.69, 9.17) is 0 Å². The molecule has 0 fully saturated rings. The molecule has 0 unspecified atom stereocenters. The van der Waals surface area contributed by atoms with Crippen molar-refractivity contribution < 1.29 is 13.5 Å². The quantitative estimate of drug-likeness (QED) is 0.472. The van der Waals surface area contributed by atoms with Crippen LogP contribution in [0.25, 0.3) is 0 Å². The summed E-state index contributed by atoms with van der Waals surface area (Å²) in [6, 6.07) is 0. The van der Waals surface area contributed by atoms with Crippen LogP contribution in [0.5, 0.6) is 0 Å². The maximum Gasteiger partial charge on any atom is 0.355 e. The molecule has 0 aliphatic heterocycles. The summed E-state index contributed by atoms with van der Waals surface area (Å²) in [5.74, 6) is 5.50. The summed E-state index contributed by atoms with van der Waals surface area (Å²) in [7, 11) is 0. The van der Waals surface area contributed by atoms with E-state index >= 15 is 0 Å². The first-order chi connectivity index (χ1) is 5.62. The summed E-state index contributed by atoms with van der Waals surface area (Å²) < 4.78 is 29.1. The molecule has 0 aromatic rings. The second-order valence-electron chi connectivity index (χ2n) is 2.30. The van der Waals surface area contributed by atoms with Crippen LogP contribution >= 0.6 is 0 Å². The van der Waals surface area contributed by atoms with Gasteiger partial charge in [-0.1, -0.05) is 13.8 Å². The molecule has 0 amide bonds. The molecule has 0 radical (unpaired) electrons. The van der Waals surface area contributed by atoms with E-state index < -0.39 is 6.11 Å². The van der Waals surface area contributed by atoms with Gasteiger partial charge in [0.1, 0.15) is 0 Å². The number of alkyl halides is 2. The summed E-state index contributed by atoms with van der Waals surface area (Å²) in [5.41, 5.74) is 0. The van der Waals surface area contributed by atoms with E-state index in [1.807, 2.05) is 6.92 Å². The SMILES string of the molecule is CCC#CCCOC(F)(F)CC. The normalized spacial score (nSPS) is 10.7. The van der Waals surface area contributed by atoms with Crippen LogP contribution in [0.3, 0.4) is 0 Å². The number of hydrogen-bond donors (Lipinski definition) is 0. The summed E-state index contributed by atoms with van der Waals surface area (Å²) in [4.78, 5) is 0. The van der Waals surface area contributed by atoms with Crippen molar-refractivity contribution >= 4 is 0 Å². The maximum absolute atomic E-state index is 12.4. The zero-order valence-electron chi connectivity index (χ0n) is 7.49. The van der Waals surface area contributed by atoms with Crippen molar-refractivity contribution in [3.63, 3.8) is 0 Å². The Bertz CT molecular complexity index is 167. The smallest absolute Gasteiger partial charge is 0.319 e. The third-order valence-corrected chi connectivity index (χ3v) is 1.25. The van der Waals surface area contributed by atoms with E-state index in [2.05, 4.69) is 16.6 Å². The van der Waals surface area contributed by atoms with Crippen molar-refractivity contribution in [3.05, 3.63) is 0 Å². The van der Waals surface area contributed by atoms with E-state index in [1.165, 1.54) is 6.92 Å². The molecule has 0 aliphatic carbocycles. The molecule has 0 rings (SSSR count). The number of hydrogen-bond acceptors (Lipinski definition) is 1. The van der Waals surface area contributed by atoms with Crippen LogP contribution in [0.15, 0.2) is 0 Å². The van der Waals surface area contributed by atoms with Gasteiger partial charge in [-0.15, -0.1) is 11.8 Å². The van der Waals surface area contributed by atoms with E-state index in [0.29, 0.717) is 6.42 Å².